The second-order valence-electron chi connectivity index (χ2n) is 5.52. The zero-order chi connectivity index (χ0) is 16.5. The van der Waals surface area contributed by atoms with Gasteiger partial charge in [-0.25, -0.2) is 5.53 Å². The molecule has 3 N–H and O–H groups in total. The van der Waals surface area contributed by atoms with Crippen LogP contribution < -0.4 is 10.7 Å². The van der Waals surface area contributed by atoms with Crippen molar-refractivity contribution in [2.75, 3.05) is 19.7 Å². The maximum Gasteiger partial charge on any atom is 0.303 e. The van der Waals surface area contributed by atoms with Crippen LogP contribution >= 0.6 is 0 Å². The van der Waals surface area contributed by atoms with Crippen LogP contribution in [0.3, 0.4) is 0 Å². The van der Waals surface area contributed by atoms with Gasteiger partial charge in [-0.2, -0.15) is 5.10 Å². The Hall–Kier alpha value is -2.28. The molecule has 0 aliphatic carbocycles. The SMILES string of the molecule is CC(=O)OC/C(N=N)=N/NC(c1ccccc1)C1CCNCC1. The summed E-state index contributed by atoms with van der Waals surface area (Å²) in [7, 11) is 0. The second kappa shape index (κ2) is 8.99. The lowest BCUT2D eigenvalue weighted by molar-refractivity contribution is -0.139. The molecule has 124 valence electrons. The minimum Gasteiger partial charge on any atom is -0.457 e. The highest BCUT2D eigenvalue weighted by molar-refractivity contribution is 5.85. The zero-order valence-corrected chi connectivity index (χ0v) is 13.3. The number of rotatable bonds is 6. The number of ether oxygens (including phenoxy) is 1. The molecule has 2 rings (SSSR count). The summed E-state index contributed by atoms with van der Waals surface area (Å²) in [5.41, 5.74) is 11.4. The van der Waals surface area contributed by atoms with Crippen molar-refractivity contribution in [3.05, 3.63) is 35.9 Å². The van der Waals surface area contributed by atoms with Gasteiger partial charge in [0.1, 0.15) is 0 Å². The molecule has 0 aromatic heterocycles. The molecule has 0 spiro atoms. The summed E-state index contributed by atoms with van der Waals surface area (Å²) in [4.78, 5) is 10.9. The van der Waals surface area contributed by atoms with E-state index in [0.717, 1.165) is 31.5 Å². The van der Waals surface area contributed by atoms with Crippen LogP contribution in [0.25, 0.3) is 0 Å². The molecule has 7 nitrogen and oxygen atoms in total. The normalized spacial score (nSPS) is 17.3. The van der Waals surface area contributed by atoms with E-state index in [1.54, 1.807) is 0 Å². The number of hydrogen-bond donors (Lipinski definition) is 3. The van der Waals surface area contributed by atoms with Crippen LogP contribution in [0.5, 0.6) is 0 Å². The van der Waals surface area contributed by atoms with Crippen molar-refractivity contribution in [1.82, 2.24) is 10.7 Å². The number of piperidine rings is 1. The lowest BCUT2D eigenvalue weighted by Crippen LogP contribution is -2.35. The molecule has 0 bridgehead atoms. The standard InChI is InChI=1S/C16H23N5O2/c1-12(22)23-11-15(19-17)20-21-16(13-5-3-2-4-6-13)14-7-9-18-10-8-14/h2-6,14,16-18,21H,7-11H2,1H3/b19-17?,20-15-. The van der Waals surface area contributed by atoms with Gasteiger partial charge in [0.05, 0.1) is 6.04 Å². The molecule has 0 saturated carbocycles. The fourth-order valence-corrected chi connectivity index (χ4v) is 2.69. The smallest absolute Gasteiger partial charge is 0.303 e. The quantitative estimate of drug-likeness (QED) is 0.246. The van der Waals surface area contributed by atoms with E-state index < -0.39 is 5.97 Å². The molecule has 1 unspecified atom stereocenters. The van der Waals surface area contributed by atoms with Crippen molar-refractivity contribution in [1.29, 1.82) is 5.53 Å². The molecule has 1 fully saturated rings. The Bertz CT molecular complexity index is 541. The fourth-order valence-electron chi connectivity index (χ4n) is 2.69. The first kappa shape index (κ1) is 17.1. The average molecular weight is 317 g/mol. The van der Waals surface area contributed by atoms with Gasteiger partial charge in [0.15, 0.2) is 6.61 Å². The maximum atomic E-state index is 10.9. The molecule has 23 heavy (non-hydrogen) atoms. The summed E-state index contributed by atoms with van der Waals surface area (Å²) < 4.78 is 4.84. The number of benzene rings is 1. The highest BCUT2D eigenvalue weighted by Crippen LogP contribution is 2.28. The van der Waals surface area contributed by atoms with Gasteiger partial charge in [0.25, 0.3) is 0 Å². The van der Waals surface area contributed by atoms with Gasteiger partial charge in [0, 0.05) is 6.92 Å². The number of amidine groups is 1. The van der Waals surface area contributed by atoms with E-state index in [4.69, 9.17) is 10.3 Å². The van der Waals surface area contributed by atoms with Crippen LogP contribution in [0, 0.1) is 11.4 Å². The van der Waals surface area contributed by atoms with Crippen molar-refractivity contribution in [3.63, 3.8) is 0 Å². The lowest BCUT2D eigenvalue weighted by Gasteiger charge is -2.30. The molecule has 0 radical (unpaired) electrons. The minimum absolute atomic E-state index is 0.0485. The molecule has 7 heteroatoms. The summed E-state index contributed by atoms with van der Waals surface area (Å²) in [6.45, 7) is 3.20. The van der Waals surface area contributed by atoms with Crippen molar-refractivity contribution in [3.8, 4) is 0 Å². The second-order valence-corrected chi connectivity index (χ2v) is 5.52. The van der Waals surface area contributed by atoms with E-state index in [0.29, 0.717) is 5.92 Å². The Kier molecular flexibility index (Phi) is 6.68. The predicted octanol–water partition coefficient (Wildman–Crippen LogP) is 2.22. The van der Waals surface area contributed by atoms with Crippen LogP contribution in [0.15, 0.2) is 40.5 Å². The lowest BCUT2D eigenvalue weighted by atomic mass is 9.86. The van der Waals surface area contributed by atoms with Gasteiger partial charge in [-0.15, -0.1) is 5.11 Å². The highest BCUT2D eigenvalue weighted by Gasteiger charge is 2.24. The fraction of sp³-hybridized carbons (Fsp3) is 0.500. The van der Waals surface area contributed by atoms with Crippen molar-refractivity contribution < 1.29 is 9.53 Å². The van der Waals surface area contributed by atoms with Crippen molar-refractivity contribution >= 4 is 11.8 Å². The molecule has 1 aromatic rings. The molecule has 1 saturated heterocycles. The van der Waals surface area contributed by atoms with Gasteiger partial charge in [-0.3, -0.25) is 4.79 Å². The van der Waals surface area contributed by atoms with Gasteiger partial charge >= 0.3 is 5.97 Å². The number of nitrogens with zero attached hydrogens (tertiary/aromatic N) is 2. The van der Waals surface area contributed by atoms with E-state index >= 15 is 0 Å². The molecule has 0 amide bonds. The third-order valence-corrected chi connectivity index (χ3v) is 3.88. The third kappa shape index (κ3) is 5.45. The highest BCUT2D eigenvalue weighted by atomic mass is 16.5. The number of carbonyl (C=O) groups excluding carboxylic acids is 1. The topological polar surface area (TPSA) is 98.9 Å². The van der Waals surface area contributed by atoms with Crippen LogP contribution in [-0.2, 0) is 9.53 Å². The van der Waals surface area contributed by atoms with Crippen LogP contribution in [-0.4, -0.2) is 31.5 Å². The van der Waals surface area contributed by atoms with Gasteiger partial charge < -0.3 is 15.5 Å². The number of nitrogens with one attached hydrogen (secondary N) is 3. The molecule has 1 atom stereocenters. The Morgan fingerprint density at radius 3 is 2.70 bits per heavy atom. The van der Waals surface area contributed by atoms with E-state index in [9.17, 15) is 4.79 Å². The third-order valence-electron chi connectivity index (χ3n) is 3.88. The van der Waals surface area contributed by atoms with Gasteiger partial charge in [0.2, 0.25) is 5.84 Å². The molecule has 1 heterocycles. The van der Waals surface area contributed by atoms with E-state index in [-0.39, 0.29) is 18.5 Å². The minimum atomic E-state index is -0.417. The number of esters is 1. The summed E-state index contributed by atoms with van der Waals surface area (Å²) >= 11 is 0. The van der Waals surface area contributed by atoms with Crippen molar-refractivity contribution in [2.24, 2.45) is 16.1 Å². The molecule has 1 aliphatic heterocycles. The molecule has 1 aromatic carbocycles. The first-order valence-electron chi connectivity index (χ1n) is 7.79. The van der Waals surface area contributed by atoms with Crippen molar-refractivity contribution in [2.45, 2.75) is 25.8 Å². The first-order valence-corrected chi connectivity index (χ1v) is 7.79. The Labute approximate surface area is 136 Å². The number of hydrogen-bond acceptors (Lipinski definition) is 6. The summed E-state index contributed by atoms with van der Waals surface area (Å²) in [6.07, 6.45) is 2.11. The Balaban J connectivity index is 2.10. The number of hydrazone groups is 1. The average Bonchev–Trinajstić information content (AvgIpc) is 2.59. The predicted molar refractivity (Wildman–Crippen MR) is 87.1 cm³/mol. The summed E-state index contributed by atoms with van der Waals surface area (Å²) in [5.74, 6) is 0.178. The largest absolute Gasteiger partial charge is 0.457 e. The molecule has 1 aliphatic rings. The Morgan fingerprint density at radius 1 is 1.39 bits per heavy atom. The monoisotopic (exact) mass is 317 g/mol. The van der Waals surface area contributed by atoms with Gasteiger partial charge in [-0.1, -0.05) is 30.3 Å². The van der Waals surface area contributed by atoms with E-state index in [2.05, 4.69) is 33.1 Å². The van der Waals surface area contributed by atoms with E-state index in [1.165, 1.54) is 6.92 Å². The van der Waals surface area contributed by atoms with Crippen LogP contribution in [0.4, 0.5) is 0 Å². The first-order chi connectivity index (χ1) is 11.2. The van der Waals surface area contributed by atoms with Crippen LogP contribution in [0.1, 0.15) is 31.4 Å². The van der Waals surface area contributed by atoms with Crippen LogP contribution in [0.2, 0.25) is 0 Å². The zero-order valence-electron chi connectivity index (χ0n) is 13.3. The summed E-state index contributed by atoms with van der Waals surface area (Å²) in [6, 6.07) is 10.2. The summed E-state index contributed by atoms with van der Waals surface area (Å²) in [5, 5.41) is 10.9. The van der Waals surface area contributed by atoms with E-state index in [1.807, 2.05) is 18.2 Å². The molecular weight excluding hydrogens is 294 g/mol. The molecular formula is C16H23N5O2. The Morgan fingerprint density at radius 2 is 2.09 bits per heavy atom. The number of carbonyl (C=O) groups is 1. The maximum absolute atomic E-state index is 10.9. The van der Waals surface area contributed by atoms with Gasteiger partial charge in [-0.05, 0) is 37.4 Å².